The lowest BCUT2D eigenvalue weighted by Gasteiger charge is -2.19. The highest BCUT2D eigenvalue weighted by Gasteiger charge is 2.19. The summed E-state index contributed by atoms with van der Waals surface area (Å²) < 4.78 is 9.99. The third kappa shape index (κ3) is 9.18. The second-order valence-corrected chi connectivity index (χ2v) is 7.54. The molecule has 0 fully saturated rings. The molecule has 0 aliphatic heterocycles. The van der Waals surface area contributed by atoms with Gasteiger partial charge in [-0.15, -0.1) is 0 Å². The van der Waals surface area contributed by atoms with E-state index in [1.807, 2.05) is 0 Å². The Hall–Kier alpha value is -2.97. The highest BCUT2D eigenvalue weighted by atomic mass is 16.6. The standard InChI is InChI=1S/C20H30N2O7/c1-13-9-10-14(23)16(17(13)25)18(26)28-12-22-15(24)8-6-5-7-11-21-19(27)29-20(2,3)4/h9-10,23,25H,5-8,11-12H2,1-4H3,(H,21,27)(H,22,24). The molecule has 1 aromatic carbocycles. The minimum atomic E-state index is -0.933. The molecular formula is C20H30N2O7. The number of amides is 2. The van der Waals surface area contributed by atoms with Crippen molar-refractivity contribution in [2.45, 2.75) is 59.0 Å². The van der Waals surface area contributed by atoms with Crippen molar-refractivity contribution in [3.63, 3.8) is 0 Å². The van der Waals surface area contributed by atoms with Gasteiger partial charge in [0.25, 0.3) is 0 Å². The number of aromatic hydroxyl groups is 2. The van der Waals surface area contributed by atoms with Crippen LogP contribution in [0.4, 0.5) is 4.79 Å². The van der Waals surface area contributed by atoms with Gasteiger partial charge in [0.15, 0.2) is 6.73 Å². The summed E-state index contributed by atoms with van der Waals surface area (Å²) in [6, 6.07) is 2.74. The summed E-state index contributed by atoms with van der Waals surface area (Å²) in [7, 11) is 0. The van der Waals surface area contributed by atoms with E-state index in [0.29, 0.717) is 24.9 Å². The molecule has 0 saturated carbocycles. The maximum absolute atomic E-state index is 12.0. The molecule has 9 nitrogen and oxygen atoms in total. The molecule has 4 N–H and O–H groups in total. The molecule has 0 bridgehead atoms. The van der Waals surface area contributed by atoms with Gasteiger partial charge in [0.2, 0.25) is 5.91 Å². The smallest absolute Gasteiger partial charge is 0.407 e. The number of nitrogens with one attached hydrogen (secondary N) is 2. The minimum absolute atomic E-state index is 0.241. The first-order chi connectivity index (χ1) is 13.5. The first kappa shape index (κ1) is 24.1. The summed E-state index contributed by atoms with van der Waals surface area (Å²) in [5.41, 5.74) is -0.459. The molecular weight excluding hydrogens is 380 g/mol. The Morgan fingerprint density at radius 3 is 2.38 bits per heavy atom. The van der Waals surface area contributed by atoms with Crippen LogP contribution < -0.4 is 10.6 Å². The zero-order valence-electron chi connectivity index (χ0n) is 17.3. The Bertz CT molecular complexity index is 726. The number of esters is 1. The van der Waals surface area contributed by atoms with Crippen LogP contribution in [0.1, 0.15) is 62.4 Å². The molecule has 0 heterocycles. The molecule has 2 amide bonds. The highest BCUT2D eigenvalue weighted by Crippen LogP contribution is 2.30. The van der Waals surface area contributed by atoms with Crippen molar-refractivity contribution >= 4 is 18.0 Å². The third-order valence-corrected chi connectivity index (χ3v) is 3.78. The van der Waals surface area contributed by atoms with E-state index in [1.165, 1.54) is 12.1 Å². The molecule has 162 valence electrons. The van der Waals surface area contributed by atoms with Gasteiger partial charge in [0, 0.05) is 13.0 Å². The number of phenolic OH excluding ortho intramolecular Hbond substituents is 2. The SMILES string of the molecule is Cc1ccc(O)c(C(=O)OCNC(=O)CCCCCNC(=O)OC(C)(C)C)c1O. The number of hydrogen-bond donors (Lipinski definition) is 4. The number of ether oxygens (including phenoxy) is 2. The van der Waals surface area contributed by atoms with Crippen molar-refractivity contribution in [2.75, 3.05) is 13.3 Å². The maximum atomic E-state index is 12.0. The summed E-state index contributed by atoms with van der Waals surface area (Å²) in [4.78, 5) is 35.2. The second kappa shape index (κ2) is 11.1. The van der Waals surface area contributed by atoms with Crippen molar-refractivity contribution in [3.8, 4) is 11.5 Å². The quantitative estimate of drug-likeness (QED) is 0.279. The molecule has 9 heteroatoms. The number of aryl methyl sites for hydroxylation is 1. The van der Waals surface area contributed by atoms with Crippen molar-refractivity contribution < 1.29 is 34.1 Å². The van der Waals surface area contributed by atoms with Crippen LogP contribution in [0.5, 0.6) is 11.5 Å². The van der Waals surface area contributed by atoms with Crippen molar-refractivity contribution in [1.29, 1.82) is 0 Å². The Morgan fingerprint density at radius 2 is 1.72 bits per heavy atom. The van der Waals surface area contributed by atoms with Crippen LogP contribution in [0.3, 0.4) is 0 Å². The maximum Gasteiger partial charge on any atom is 0.407 e. The molecule has 0 aliphatic rings. The molecule has 0 spiro atoms. The Labute approximate surface area is 170 Å². The van der Waals surface area contributed by atoms with Crippen LogP contribution >= 0.6 is 0 Å². The van der Waals surface area contributed by atoms with Gasteiger partial charge >= 0.3 is 12.1 Å². The van der Waals surface area contributed by atoms with E-state index in [4.69, 9.17) is 9.47 Å². The molecule has 0 saturated heterocycles. The van der Waals surface area contributed by atoms with Gasteiger partial charge in [-0.3, -0.25) is 4.79 Å². The number of benzene rings is 1. The van der Waals surface area contributed by atoms with E-state index in [-0.39, 0.29) is 30.4 Å². The number of carbonyl (C=O) groups excluding carboxylic acids is 3. The van der Waals surface area contributed by atoms with Crippen LogP contribution in [-0.2, 0) is 14.3 Å². The predicted octanol–water partition coefficient (Wildman–Crippen LogP) is 2.72. The monoisotopic (exact) mass is 410 g/mol. The lowest BCUT2D eigenvalue weighted by molar-refractivity contribution is -0.122. The molecule has 0 unspecified atom stereocenters. The molecule has 0 aliphatic carbocycles. The van der Waals surface area contributed by atoms with Gasteiger partial charge in [-0.2, -0.15) is 0 Å². The zero-order chi connectivity index (χ0) is 22.0. The van der Waals surface area contributed by atoms with Gasteiger partial charge in [0.1, 0.15) is 22.7 Å². The van der Waals surface area contributed by atoms with Crippen molar-refractivity contribution in [2.24, 2.45) is 0 Å². The van der Waals surface area contributed by atoms with Gasteiger partial charge in [0.05, 0.1) is 0 Å². The summed E-state index contributed by atoms with van der Waals surface area (Å²) in [5, 5.41) is 24.6. The van der Waals surface area contributed by atoms with Crippen LogP contribution in [0.2, 0.25) is 0 Å². The largest absolute Gasteiger partial charge is 0.507 e. The summed E-state index contributed by atoms with van der Waals surface area (Å²) in [5.74, 6) is -1.99. The summed E-state index contributed by atoms with van der Waals surface area (Å²) in [6.07, 6.45) is 1.81. The van der Waals surface area contributed by atoms with Gasteiger partial charge < -0.3 is 30.3 Å². The fourth-order valence-electron chi connectivity index (χ4n) is 2.32. The van der Waals surface area contributed by atoms with E-state index in [0.717, 1.165) is 6.42 Å². The van der Waals surface area contributed by atoms with E-state index >= 15 is 0 Å². The summed E-state index contributed by atoms with van der Waals surface area (Å²) in [6.45, 7) is 7.02. The van der Waals surface area contributed by atoms with Gasteiger partial charge in [-0.05, 0) is 52.2 Å². The van der Waals surface area contributed by atoms with Crippen molar-refractivity contribution in [1.82, 2.24) is 10.6 Å². The average molecular weight is 410 g/mol. The molecule has 1 rings (SSSR count). The number of carbonyl (C=O) groups is 3. The number of unbranched alkanes of at least 4 members (excludes halogenated alkanes) is 2. The lowest BCUT2D eigenvalue weighted by Crippen LogP contribution is -2.33. The van der Waals surface area contributed by atoms with Crippen LogP contribution in [0.25, 0.3) is 0 Å². The number of alkyl carbamates (subject to hydrolysis) is 1. The first-order valence-electron chi connectivity index (χ1n) is 9.43. The molecule has 0 aromatic heterocycles. The predicted molar refractivity (Wildman–Crippen MR) is 106 cm³/mol. The van der Waals surface area contributed by atoms with E-state index in [9.17, 15) is 24.6 Å². The zero-order valence-corrected chi connectivity index (χ0v) is 17.3. The Kier molecular flexibility index (Phi) is 9.24. The van der Waals surface area contributed by atoms with E-state index in [2.05, 4.69) is 10.6 Å². The fourth-order valence-corrected chi connectivity index (χ4v) is 2.32. The lowest BCUT2D eigenvalue weighted by atomic mass is 10.1. The second-order valence-electron chi connectivity index (χ2n) is 7.54. The molecule has 1 aromatic rings. The van der Waals surface area contributed by atoms with Crippen LogP contribution in [-0.4, -0.2) is 47.1 Å². The first-order valence-corrected chi connectivity index (χ1v) is 9.43. The molecule has 29 heavy (non-hydrogen) atoms. The van der Waals surface area contributed by atoms with Crippen LogP contribution in [0.15, 0.2) is 12.1 Å². The fraction of sp³-hybridized carbons (Fsp3) is 0.550. The topological polar surface area (TPSA) is 134 Å². The number of hydrogen-bond acceptors (Lipinski definition) is 7. The van der Waals surface area contributed by atoms with Crippen molar-refractivity contribution in [3.05, 3.63) is 23.3 Å². The number of rotatable bonds is 9. The minimum Gasteiger partial charge on any atom is -0.507 e. The third-order valence-electron chi connectivity index (χ3n) is 3.78. The highest BCUT2D eigenvalue weighted by molar-refractivity contribution is 5.96. The normalized spacial score (nSPS) is 10.9. The Balaban J connectivity index is 2.18. The van der Waals surface area contributed by atoms with Gasteiger partial charge in [-0.1, -0.05) is 12.5 Å². The summed E-state index contributed by atoms with van der Waals surface area (Å²) >= 11 is 0. The molecule has 0 radical (unpaired) electrons. The average Bonchev–Trinajstić information content (AvgIpc) is 2.60. The Morgan fingerprint density at radius 1 is 1.03 bits per heavy atom. The van der Waals surface area contributed by atoms with Crippen LogP contribution in [0, 0.1) is 6.92 Å². The number of phenols is 2. The van der Waals surface area contributed by atoms with E-state index < -0.39 is 23.4 Å². The van der Waals surface area contributed by atoms with E-state index in [1.54, 1.807) is 27.7 Å². The van der Waals surface area contributed by atoms with Gasteiger partial charge in [-0.25, -0.2) is 9.59 Å². The molecule has 0 atom stereocenters.